The molecule has 1 fully saturated rings. The second-order valence-corrected chi connectivity index (χ2v) is 6.19. The van der Waals surface area contributed by atoms with Crippen LogP contribution in [0.2, 0.25) is 0 Å². The lowest BCUT2D eigenvalue weighted by atomic mass is 10.4. The molecule has 3 amide bonds. The van der Waals surface area contributed by atoms with Crippen LogP contribution in [0.25, 0.3) is 0 Å². The minimum atomic E-state index is -4.00. The third-order valence-corrected chi connectivity index (χ3v) is 4.29. The van der Waals surface area contributed by atoms with E-state index >= 15 is 0 Å². The maximum atomic E-state index is 11.8. The van der Waals surface area contributed by atoms with Gasteiger partial charge in [-0.05, 0) is 25.0 Å². The zero-order chi connectivity index (χ0) is 15.3. The van der Waals surface area contributed by atoms with E-state index in [-0.39, 0.29) is 4.90 Å². The molecule has 1 aliphatic rings. The van der Waals surface area contributed by atoms with Crippen molar-refractivity contribution in [2.24, 2.45) is 0 Å². The molecule has 1 aromatic rings. The number of benzene rings is 1. The molecule has 0 bridgehead atoms. The zero-order valence-corrected chi connectivity index (χ0v) is 12.1. The van der Waals surface area contributed by atoms with E-state index in [1.54, 1.807) is 18.2 Å². The van der Waals surface area contributed by atoms with E-state index < -0.39 is 28.7 Å². The van der Waals surface area contributed by atoms with Crippen molar-refractivity contribution in [2.75, 3.05) is 19.7 Å². The first-order chi connectivity index (χ1) is 9.99. The lowest BCUT2D eigenvalue weighted by Crippen LogP contribution is -2.42. The number of rotatable bonds is 4. The highest BCUT2D eigenvalue weighted by atomic mass is 32.2. The van der Waals surface area contributed by atoms with Crippen LogP contribution in [0.1, 0.15) is 12.8 Å². The molecule has 1 aromatic carbocycles. The monoisotopic (exact) mass is 312 g/mol. The van der Waals surface area contributed by atoms with Crippen molar-refractivity contribution in [2.45, 2.75) is 17.7 Å². The summed E-state index contributed by atoms with van der Waals surface area (Å²) in [6.45, 7) is 0.474. The fourth-order valence-electron chi connectivity index (χ4n) is 1.94. The van der Waals surface area contributed by atoms with Crippen molar-refractivity contribution in [1.82, 2.24) is 10.2 Å². The molecule has 1 N–H and O–H groups in total. The Morgan fingerprint density at radius 3 is 2.38 bits per heavy atom. The second kappa shape index (κ2) is 6.68. The van der Waals surface area contributed by atoms with Gasteiger partial charge in [-0.1, -0.05) is 18.2 Å². The van der Waals surface area contributed by atoms with Crippen molar-refractivity contribution in [1.29, 1.82) is 0 Å². The summed E-state index contributed by atoms with van der Waals surface area (Å²) in [5, 5.41) is 2.10. The van der Waals surface area contributed by atoms with Crippen molar-refractivity contribution in [3.05, 3.63) is 30.3 Å². The van der Waals surface area contributed by atoms with Gasteiger partial charge in [-0.15, -0.1) is 0 Å². The first-order valence-corrected chi connectivity index (χ1v) is 7.93. The van der Waals surface area contributed by atoms with Crippen LogP contribution in [-0.4, -0.2) is 45.0 Å². The van der Waals surface area contributed by atoms with Gasteiger partial charge in [0.2, 0.25) is 0 Å². The second-order valence-electron chi connectivity index (χ2n) is 4.58. The van der Waals surface area contributed by atoms with Crippen molar-refractivity contribution in [3.63, 3.8) is 0 Å². The first kappa shape index (κ1) is 15.5. The molecule has 21 heavy (non-hydrogen) atoms. The highest BCUT2D eigenvalue weighted by Crippen LogP contribution is 2.11. The quantitative estimate of drug-likeness (QED) is 0.827. The third-order valence-electron chi connectivity index (χ3n) is 3.02. The van der Waals surface area contributed by atoms with Gasteiger partial charge in [0.05, 0.1) is 4.90 Å². The summed E-state index contributed by atoms with van der Waals surface area (Å²) in [5.74, 6) is -0.786. The summed E-state index contributed by atoms with van der Waals surface area (Å²) in [6.07, 6.45) is 1.81. The molecular formula is C13H16N2O5S. The smallest absolute Gasteiger partial charge is 0.324 e. The molecule has 8 heteroatoms. The van der Waals surface area contributed by atoms with Gasteiger partial charge in [0.25, 0.3) is 16.0 Å². The molecule has 0 spiro atoms. The Bertz CT molecular complexity index is 609. The van der Waals surface area contributed by atoms with Crippen LogP contribution >= 0.6 is 0 Å². The standard InChI is InChI=1S/C13H16N2O5S/c16-12(14-13(17)15-8-4-5-9-15)10-20-21(18,19)11-6-2-1-3-7-11/h1-3,6-7H,4-5,8-10H2,(H,14,16,17). The number of urea groups is 1. The Labute approximate surface area is 123 Å². The molecule has 0 radical (unpaired) electrons. The highest BCUT2D eigenvalue weighted by molar-refractivity contribution is 7.86. The van der Waals surface area contributed by atoms with Gasteiger partial charge in [0.15, 0.2) is 0 Å². The number of amides is 3. The molecule has 0 aliphatic carbocycles. The summed E-state index contributed by atoms with van der Waals surface area (Å²) >= 11 is 0. The van der Waals surface area contributed by atoms with E-state index in [2.05, 4.69) is 9.50 Å². The molecule has 1 saturated heterocycles. The molecule has 7 nitrogen and oxygen atoms in total. The fraction of sp³-hybridized carbons (Fsp3) is 0.385. The average Bonchev–Trinajstić information content (AvgIpc) is 3.00. The number of likely N-dealkylation sites (tertiary alicyclic amines) is 1. The number of imide groups is 1. The summed E-state index contributed by atoms with van der Waals surface area (Å²) in [4.78, 5) is 24.6. The molecule has 114 valence electrons. The van der Waals surface area contributed by atoms with E-state index in [0.717, 1.165) is 12.8 Å². The zero-order valence-electron chi connectivity index (χ0n) is 11.3. The number of nitrogens with zero attached hydrogens (tertiary/aromatic N) is 1. The Balaban J connectivity index is 1.85. The molecule has 0 atom stereocenters. The van der Waals surface area contributed by atoms with Crippen LogP contribution in [0.5, 0.6) is 0 Å². The molecule has 0 saturated carbocycles. The molecule has 1 heterocycles. The van der Waals surface area contributed by atoms with Gasteiger partial charge < -0.3 is 4.90 Å². The molecule has 0 aromatic heterocycles. The summed E-state index contributed by atoms with van der Waals surface area (Å²) in [7, 11) is -4.00. The highest BCUT2D eigenvalue weighted by Gasteiger charge is 2.21. The lowest BCUT2D eigenvalue weighted by molar-refractivity contribution is -0.122. The summed E-state index contributed by atoms with van der Waals surface area (Å²) in [5.41, 5.74) is 0. The van der Waals surface area contributed by atoms with Crippen LogP contribution in [0.3, 0.4) is 0 Å². The van der Waals surface area contributed by atoms with E-state index in [0.29, 0.717) is 13.1 Å². The van der Waals surface area contributed by atoms with Gasteiger partial charge in [-0.3, -0.25) is 14.3 Å². The van der Waals surface area contributed by atoms with Crippen LogP contribution < -0.4 is 5.32 Å². The Morgan fingerprint density at radius 1 is 1.14 bits per heavy atom. The third kappa shape index (κ3) is 4.27. The number of hydrogen-bond donors (Lipinski definition) is 1. The predicted molar refractivity (Wildman–Crippen MR) is 73.9 cm³/mol. The number of hydrogen-bond acceptors (Lipinski definition) is 5. The topological polar surface area (TPSA) is 92.8 Å². The SMILES string of the molecule is O=C(COS(=O)(=O)c1ccccc1)NC(=O)N1CCCC1. The summed E-state index contributed by atoms with van der Waals surface area (Å²) < 4.78 is 28.2. The molecular weight excluding hydrogens is 296 g/mol. The van der Waals surface area contributed by atoms with Gasteiger partial charge in [-0.25, -0.2) is 4.79 Å². The Morgan fingerprint density at radius 2 is 1.76 bits per heavy atom. The lowest BCUT2D eigenvalue weighted by Gasteiger charge is -2.15. The number of carbonyl (C=O) groups is 2. The van der Waals surface area contributed by atoms with E-state index in [1.165, 1.54) is 17.0 Å². The number of nitrogens with one attached hydrogen (secondary N) is 1. The summed E-state index contributed by atoms with van der Waals surface area (Å²) in [6, 6.07) is 6.98. The maximum absolute atomic E-state index is 11.8. The van der Waals surface area contributed by atoms with E-state index in [4.69, 9.17) is 0 Å². The van der Waals surface area contributed by atoms with Gasteiger partial charge in [0, 0.05) is 13.1 Å². The van der Waals surface area contributed by atoms with E-state index in [9.17, 15) is 18.0 Å². The molecule has 0 unspecified atom stereocenters. The van der Waals surface area contributed by atoms with Crippen LogP contribution in [0.15, 0.2) is 35.2 Å². The molecule has 2 rings (SSSR count). The first-order valence-electron chi connectivity index (χ1n) is 6.52. The van der Waals surface area contributed by atoms with E-state index in [1.807, 2.05) is 0 Å². The predicted octanol–water partition coefficient (Wildman–Crippen LogP) is 0.724. The normalized spacial score (nSPS) is 15.0. The molecule has 1 aliphatic heterocycles. The number of carbonyl (C=O) groups excluding carboxylic acids is 2. The fourth-order valence-corrected chi connectivity index (χ4v) is 2.83. The minimum Gasteiger partial charge on any atom is -0.324 e. The van der Waals surface area contributed by atoms with Crippen LogP contribution in [0.4, 0.5) is 4.79 Å². The van der Waals surface area contributed by atoms with Crippen molar-refractivity contribution < 1.29 is 22.2 Å². The van der Waals surface area contributed by atoms with Gasteiger partial charge >= 0.3 is 6.03 Å². The maximum Gasteiger partial charge on any atom is 0.324 e. The van der Waals surface area contributed by atoms with Crippen LogP contribution in [-0.2, 0) is 19.1 Å². The van der Waals surface area contributed by atoms with Crippen molar-refractivity contribution in [3.8, 4) is 0 Å². The Kier molecular flexibility index (Phi) is 4.92. The van der Waals surface area contributed by atoms with Crippen LogP contribution in [0, 0.1) is 0 Å². The minimum absolute atomic E-state index is 0.0383. The Hall–Kier alpha value is -1.93. The average molecular weight is 312 g/mol. The van der Waals surface area contributed by atoms with Gasteiger partial charge in [0.1, 0.15) is 6.61 Å². The van der Waals surface area contributed by atoms with Gasteiger partial charge in [-0.2, -0.15) is 8.42 Å². The largest absolute Gasteiger partial charge is 0.324 e. The van der Waals surface area contributed by atoms with Crippen molar-refractivity contribution >= 4 is 22.1 Å².